The molecule has 0 N–H and O–H groups in total. The van der Waals surface area contributed by atoms with Crippen LogP contribution in [0.3, 0.4) is 0 Å². The Kier molecular flexibility index (Phi) is 1.63. The molecule has 2 rings (SSSR count). The molecule has 68 valence electrons. The third-order valence-corrected chi connectivity index (χ3v) is 3.95. The van der Waals surface area contributed by atoms with Crippen LogP contribution in [-0.4, -0.2) is 18.1 Å². The molecule has 3 nitrogen and oxygen atoms in total. The molecular formula is C9H16N2O. The van der Waals surface area contributed by atoms with E-state index in [-0.39, 0.29) is 0 Å². The average Bonchev–Trinajstić information content (AvgIpc) is 2.29. The monoisotopic (exact) mass is 168 g/mol. The van der Waals surface area contributed by atoms with Crippen LogP contribution in [0, 0.1) is 22.2 Å². The highest BCUT2D eigenvalue weighted by Gasteiger charge is 2.47. The van der Waals surface area contributed by atoms with Gasteiger partial charge in [-0.2, -0.15) is 0 Å². The summed E-state index contributed by atoms with van der Waals surface area (Å²) in [5.41, 5.74) is 0.446. The van der Waals surface area contributed by atoms with Crippen molar-refractivity contribution in [1.82, 2.24) is 5.01 Å². The van der Waals surface area contributed by atoms with Crippen molar-refractivity contribution in [3.8, 4) is 0 Å². The first-order valence-corrected chi connectivity index (χ1v) is 4.73. The van der Waals surface area contributed by atoms with E-state index >= 15 is 0 Å². The molecule has 1 aliphatic heterocycles. The topological polar surface area (TPSA) is 32.7 Å². The average molecular weight is 168 g/mol. The molecule has 1 saturated carbocycles. The van der Waals surface area contributed by atoms with Crippen molar-refractivity contribution < 1.29 is 0 Å². The first-order valence-electron chi connectivity index (χ1n) is 4.73. The lowest BCUT2D eigenvalue weighted by Gasteiger charge is -2.41. The van der Waals surface area contributed by atoms with E-state index in [1.807, 2.05) is 0 Å². The summed E-state index contributed by atoms with van der Waals surface area (Å²) in [5, 5.41) is 4.74. The molecule has 3 heteroatoms. The van der Waals surface area contributed by atoms with Crippen molar-refractivity contribution in [2.45, 2.75) is 26.7 Å². The number of nitrogens with zero attached hydrogens (tertiary/aromatic N) is 2. The van der Waals surface area contributed by atoms with E-state index in [0.29, 0.717) is 17.3 Å². The Morgan fingerprint density at radius 1 is 1.25 bits per heavy atom. The molecule has 0 spiro atoms. The summed E-state index contributed by atoms with van der Waals surface area (Å²) in [7, 11) is 0. The van der Waals surface area contributed by atoms with Gasteiger partial charge in [0, 0.05) is 13.1 Å². The van der Waals surface area contributed by atoms with E-state index in [4.69, 9.17) is 0 Å². The molecule has 0 amide bonds. The van der Waals surface area contributed by atoms with Gasteiger partial charge in [0.2, 0.25) is 0 Å². The lowest BCUT2D eigenvalue weighted by Crippen LogP contribution is -2.43. The zero-order valence-electron chi connectivity index (χ0n) is 7.79. The van der Waals surface area contributed by atoms with Crippen molar-refractivity contribution in [1.29, 1.82) is 0 Å². The highest BCUT2D eigenvalue weighted by atomic mass is 16.3. The normalized spacial score (nSPS) is 38.3. The van der Waals surface area contributed by atoms with Crippen LogP contribution in [0.15, 0.2) is 5.29 Å². The molecule has 1 aliphatic carbocycles. The maximum absolute atomic E-state index is 10.4. The van der Waals surface area contributed by atoms with Crippen molar-refractivity contribution >= 4 is 0 Å². The summed E-state index contributed by atoms with van der Waals surface area (Å²) >= 11 is 0. The van der Waals surface area contributed by atoms with Crippen LogP contribution in [0.1, 0.15) is 26.7 Å². The van der Waals surface area contributed by atoms with Gasteiger partial charge in [0.1, 0.15) is 0 Å². The first-order chi connectivity index (χ1) is 5.64. The van der Waals surface area contributed by atoms with Crippen LogP contribution in [0.25, 0.3) is 0 Å². The van der Waals surface area contributed by atoms with Crippen LogP contribution in [-0.2, 0) is 0 Å². The Bertz CT molecular complexity index is 187. The number of rotatable bonds is 1. The Labute approximate surface area is 73.1 Å². The Hall–Kier alpha value is -0.600. The maximum atomic E-state index is 10.4. The molecule has 1 saturated heterocycles. The van der Waals surface area contributed by atoms with E-state index in [1.54, 1.807) is 5.01 Å². The van der Waals surface area contributed by atoms with Gasteiger partial charge < -0.3 is 0 Å². The van der Waals surface area contributed by atoms with Crippen molar-refractivity contribution in [3.63, 3.8) is 0 Å². The van der Waals surface area contributed by atoms with Crippen LogP contribution in [0.2, 0.25) is 0 Å². The third kappa shape index (κ3) is 0.952. The standard InChI is InChI=1S/C9H16N2O/c1-9(2)7-3-4-8(9)6-11(5-7)10-12/h7-8H,3-6H2,1-2H3. The summed E-state index contributed by atoms with van der Waals surface area (Å²) in [6, 6.07) is 0. The van der Waals surface area contributed by atoms with Gasteiger partial charge >= 0.3 is 0 Å². The lowest BCUT2D eigenvalue weighted by atomic mass is 9.73. The van der Waals surface area contributed by atoms with E-state index in [1.165, 1.54) is 12.8 Å². The smallest absolute Gasteiger partial charge is 0.0524 e. The minimum Gasteiger partial charge on any atom is -0.260 e. The number of nitroso groups, excluding NO2 is 1. The van der Waals surface area contributed by atoms with E-state index in [0.717, 1.165) is 13.1 Å². The number of hydrogen-bond acceptors (Lipinski definition) is 2. The number of hydrogen-bond donors (Lipinski definition) is 0. The Morgan fingerprint density at radius 3 is 2.17 bits per heavy atom. The number of fused-ring (bicyclic) bond motifs is 2. The molecule has 1 heterocycles. The molecule has 0 radical (unpaired) electrons. The molecule has 2 aliphatic rings. The molecule has 2 unspecified atom stereocenters. The second kappa shape index (κ2) is 2.44. The molecule has 0 aromatic heterocycles. The zero-order chi connectivity index (χ0) is 8.77. The summed E-state index contributed by atoms with van der Waals surface area (Å²) < 4.78 is 0. The molecule has 12 heavy (non-hydrogen) atoms. The predicted octanol–water partition coefficient (Wildman–Crippen LogP) is 2.04. The third-order valence-electron chi connectivity index (χ3n) is 3.95. The Morgan fingerprint density at radius 2 is 1.75 bits per heavy atom. The van der Waals surface area contributed by atoms with E-state index in [9.17, 15) is 4.91 Å². The minimum absolute atomic E-state index is 0.446. The summed E-state index contributed by atoms with van der Waals surface area (Å²) in [6.07, 6.45) is 2.56. The highest BCUT2D eigenvalue weighted by Crippen LogP contribution is 2.50. The molecule has 0 aromatic carbocycles. The van der Waals surface area contributed by atoms with Gasteiger partial charge in [0.15, 0.2) is 0 Å². The molecule has 2 atom stereocenters. The van der Waals surface area contributed by atoms with Gasteiger partial charge in [-0.05, 0) is 30.1 Å². The van der Waals surface area contributed by atoms with E-state index < -0.39 is 0 Å². The fraction of sp³-hybridized carbons (Fsp3) is 1.00. The predicted molar refractivity (Wildman–Crippen MR) is 47.4 cm³/mol. The SMILES string of the molecule is CC1(C)C2CCC1CN(N=O)C2. The fourth-order valence-electron chi connectivity index (χ4n) is 2.78. The van der Waals surface area contributed by atoms with Gasteiger partial charge in [0.05, 0.1) is 5.29 Å². The molecular weight excluding hydrogens is 152 g/mol. The summed E-state index contributed by atoms with van der Waals surface area (Å²) in [4.78, 5) is 10.4. The minimum atomic E-state index is 0.446. The Balaban J connectivity index is 2.16. The summed E-state index contributed by atoms with van der Waals surface area (Å²) in [5.74, 6) is 1.38. The second-order valence-electron chi connectivity index (χ2n) is 4.75. The van der Waals surface area contributed by atoms with Crippen LogP contribution in [0.5, 0.6) is 0 Å². The molecule has 2 fully saturated rings. The largest absolute Gasteiger partial charge is 0.260 e. The van der Waals surface area contributed by atoms with E-state index in [2.05, 4.69) is 19.1 Å². The van der Waals surface area contributed by atoms with Gasteiger partial charge in [-0.25, -0.2) is 0 Å². The van der Waals surface area contributed by atoms with Gasteiger partial charge in [-0.15, -0.1) is 4.91 Å². The van der Waals surface area contributed by atoms with Gasteiger partial charge in [-0.3, -0.25) is 5.01 Å². The maximum Gasteiger partial charge on any atom is 0.0524 e. The molecule has 2 bridgehead atoms. The zero-order valence-corrected chi connectivity index (χ0v) is 7.79. The van der Waals surface area contributed by atoms with Crippen molar-refractivity contribution in [2.75, 3.05) is 13.1 Å². The van der Waals surface area contributed by atoms with Crippen molar-refractivity contribution in [3.05, 3.63) is 4.91 Å². The summed E-state index contributed by atoms with van der Waals surface area (Å²) in [6.45, 7) is 6.43. The second-order valence-corrected chi connectivity index (χ2v) is 4.75. The van der Waals surface area contributed by atoms with Gasteiger partial charge in [0.25, 0.3) is 0 Å². The highest BCUT2D eigenvalue weighted by molar-refractivity contribution is 4.97. The van der Waals surface area contributed by atoms with Crippen LogP contribution in [0.4, 0.5) is 0 Å². The fourth-order valence-corrected chi connectivity index (χ4v) is 2.78. The lowest BCUT2D eigenvalue weighted by molar-refractivity contribution is 0.0491. The van der Waals surface area contributed by atoms with Gasteiger partial charge in [-0.1, -0.05) is 13.8 Å². The number of piperidine rings is 1. The van der Waals surface area contributed by atoms with Crippen LogP contribution >= 0.6 is 0 Å². The quantitative estimate of drug-likeness (QED) is 0.561. The van der Waals surface area contributed by atoms with Crippen molar-refractivity contribution in [2.24, 2.45) is 22.5 Å². The van der Waals surface area contributed by atoms with Crippen LogP contribution < -0.4 is 0 Å². The first kappa shape index (κ1) is 8.02. The molecule has 0 aromatic rings.